The maximum atomic E-state index is 12.9. The van der Waals surface area contributed by atoms with Crippen LogP contribution in [-0.2, 0) is 9.53 Å². The number of nitro groups is 1. The summed E-state index contributed by atoms with van der Waals surface area (Å²) in [5.74, 6) is -0.912. The second-order valence-electron chi connectivity index (χ2n) is 4.40. The molecule has 2 aromatic carbocycles. The van der Waals surface area contributed by atoms with Gasteiger partial charge in [-0.3, -0.25) is 10.1 Å². The van der Waals surface area contributed by atoms with Gasteiger partial charge in [0.2, 0.25) is 0 Å². The zero-order chi connectivity index (χ0) is 16.8. The van der Waals surface area contributed by atoms with Gasteiger partial charge in [0.1, 0.15) is 5.82 Å². The third-order valence-electron chi connectivity index (χ3n) is 2.83. The molecule has 0 aliphatic carbocycles. The van der Waals surface area contributed by atoms with Gasteiger partial charge in [-0.15, -0.1) is 0 Å². The zero-order valence-electron chi connectivity index (χ0n) is 12.1. The molecule has 0 atom stereocenters. The van der Waals surface area contributed by atoms with E-state index < -0.39 is 10.9 Å². The number of benzene rings is 2. The Labute approximate surface area is 135 Å². The fourth-order valence-electron chi connectivity index (χ4n) is 1.73. The van der Waals surface area contributed by atoms with Crippen molar-refractivity contribution in [1.82, 2.24) is 0 Å². The van der Waals surface area contributed by atoms with Crippen molar-refractivity contribution < 1.29 is 18.8 Å². The number of ether oxygens (including phenoxy) is 1. The van der Waals surface area contributed by atoms with Crippen molar-refractivity contribution in [2.24, 2.45) is 0 Å². The average molecular weight is 333 g/mol. The van der Waals surface area contributed by atoms with Gasteiger partial charge in [-0.2, -0.15) is 0 Å². The topological polar surface area (TPSA) is 69.4 Å². The number of nitro benzene ring substituents is 1. The molecule has 2 aromatic rings. The van der Waals surface area contributed by atoms with Gasteiger partial charge in [0.05, 0.1) is 16.9 Å². The molecular formula is C16H12FNO4S. The Morgan fingerprint density at radius 2 is 1.96 bits per heavy atom. The van der Waals surface area contributed by atoms with Crippen LogP contribution in [0, 0.1) is 15.9 Å². The normalized spacial score (nSPS) is 10.7. The molecule has 0 amide bonds. The molecule has 5 nitrogen and oxygen atoms in total. The Balaban J connectivity index is 2.29. The number of methoxy groups -OCH3 is 1. The van der Waals surface area contributed by atoms with E-state index in [4.69, 9.17) is 0 Å². The molecule has 0 aliphatic heterocycles. The van der Waals surface area contributed by atoms with Gasteiger partial charge in [-0.25, -0.2) is 9.18 Å². The maximum absolute atomic E-state index is 12.9. The fourth-order valence-corrected chi connectivity index (χ4v) is 2.63. The molecule has 0 N–H and O–H groups in total. The zero-order valence-corrected chi connectivity index (χ0v) is 12.9. The number of carbonyl (C=O) groups is 1. The Morgan fingerprint density at radius 1 is 1.26 bits per heavy atom. The lowest BCUT2D eigenvalue weighted by Gasteiger charge is -2.04. The molecular weight excluding hydrogens is 321 g/mol. The molecule has 118 valence electrons. The largest absolute Gasteiger partial charge is 0.466 e. The molecule has 0 bridgehead atoms. The molecule has 0 aliphatic rings. The Hall–Kier alpha value is -2.67. The number of nitrogens with zero attached hydrogens (tertiary/aromatic N) is 1. The van der Waals surface area contributed by atoms with Gasteiger partial charge in [-0.05, 0) is 42.0 Å². The van der Waals surface area contributed by atoms with Gasteiger partial charge in [-0.1, -0.05) is 17.8 Å². The Bertz CT molecular complexity index is 759. The van der Waals surface area contributed by atoms with Gasteiger partial charge >= 0.3 is 5.97 Å². The van der Waals surface area contributed by atoms with Crippen molar-refractivity contribution in [1.29, 1.82) is 0 Å². The second-order valence-corrected chi connectivity index (χ2v) is 5.51. The van der Waals surface area contributed by atoms with Gasteiger partial charge in [0.25, 0.3) is 5.69 Å². The quantitative estimate of drug-likeness (QED) is 0.357. The number of esters is 1. The highest BCUT2D eigenvalue weighted by Gasteiger charge is 2.15. The van der Waals surface area contributed by atoms with E-state index in [9.17, 15) is 19.3 Å². The van der Waals surface area contributed by atoms with Crippen LogP contribution >= 0.6 is 11.8 Å². The monoisotopic (exact) mass is 333 g/mol. The molecule has 0 heterocycles. The van der Waals surface area contributed by atoms with Crippen LogP contribution in [-0.4, -0.2) is 18.0 Å². The Kier molecular flexibility index (Phi) is 5.48. The van der Waals surface area contributed by atoms with Crippen molar-refractivity contribution >= 4 is 29.5 Å². The number of carbonyl (C=O) groups excluding carboxylic acids is 1. The third-order valence-corrected chi connectivity index (χ3v) is 3.91. The SMILES string of the molecule is COC(=O)/C=C/c1ccc(Sc2ccc(F)cc2)c([N+](=O)[O-])c1. The molecule has 0 spiro atoms. The first-order valence-electron chi connectivity index (χ1n) is 6.47. The lowest BCUT2D eigenvalue weighted by atomic mass is 10.2. The van der Waals surface area contributed by atoms with Gasteiger partial charge < -0.3 is 4.74 Å². The minimum Gasteiger partial charge on any atom is -0.466 e. The molecule has 0 saturated carbocycles. The van der Waals surface area contributed by atoms with Crippen molar-refractivity contribution in [3.63, 3.8) is 0 Å². The molecule has 0 aromatic heterocycles. The van der Waals surface area contributed by atoms with E-state index in [2.05, 4.69) is 4.74 Å². The second kappa shape index (κ2) is 7.55. The van der Waals surface area contributed by atoms with Crippen molar-refractivity contribution in [2.45, 2.75) is 9.79 Å². The molecule has 0 fully saturated rings. The highest BCUT2D eigenvalue weighted by molar-refractivity contribution is 7.99. The van der Waals surface area contributed by atoms with E-state index in [1.54, 1.807) is 24.3 Å². The van der Waals surface area contributed by atoms with Crippen LogP contribution in [0.5, 0.6) is 0 Å². The average Bonchev–Trinajstić information content (AvgIpc) is 2.55. The van der Waals surface area contributed by atoms with Crippen LogP contribution in [0.2, 0.25) is 0 Å². The van der Waals surface area contributed by atoms with Crippen molar-refractivity contribution in [3.05, 3.63) is 70.0 Å². The third kappa shape index (κ3) is 4.65. The van der Waals surface area contributed by atoms with Crippen LogP contribution in [0.15, 0.2) is 58.3 Å². The summed E-state index contributed by atoms with van der Waals surface area (Å²) < 4.78 is 17.4. The summed E-state index contributed by atoms with van der Waals surface area (Å²) in [4.78, 5) is 22.9. The summed E-state index contributed by atoms with van der Waals surface area (Å²) in [7, 11) is 1.25. The van der Waals surface area contributed by atoms with Crippen molar-refractivity contribution in [2.75, 3.05) is 7.11 Å². The van der Waals surface area contributed by atoms with E-state index in [0.29, 0.717) is 15.4 Å². The summed E-state index contributed by atoms with van der Waals surface area (Å²) in [6.07, 6.45) is 2.62. The van der Waals surface area contributed by atoms with Crippen LogP contribution in [0.25, 0.3) is 6.08 Å². The standard InChI is InChI=1S/C16H12FNO4S/c1-22-16(19)9-3-11-2-8-15(14(10-11)18(20)21)23-13-6-4-12(17)5-7-13/h2-10H,1H3/b9-3+. The molecule has 0 saturated heterocycles. The van der Waals surface area contributed by atoms with Gasteiger partial charge in [0, 0.05) is 17.0 Å². The van der Waals surface area contributed by atoms with Crippen LogP contribution < -0.4 is 0 Å². The predicted octanol–water partition coefficient (Wildman–Crippen LogP) is 4.07. The highest BCUT2D eigenvalue weighted by atomic mass is 32.2. The lowest BCUT2D eigenvalue weighted by Crippen LogP contribution is -1.94. The minimum absolute atomic E-state index is 0.0914. The Morgan fingerprint density at radius 3 is 2.57 bits per heavy atom. The summed E-state index contributed by atoms with van der Waals surface area (Å²) >= 11 is 1.16. The molecule has 2 rings (SSSR count). The number of hydrogen-bond donors (Lipinski definition) is 0. The minimum atomic E-state index is -0.544. The van der Waals surface area contributed by atoms with Crippen molar-refractivity contribution in [3.8, 4) is 0 Å². The smallest absolute Gasteiger partial charge is 0.330 e. The lowest BCUT2D eigenvalue weighted by molar-refractivity contribution is -0.387. The first kappa shape index (κ1) is 16.7. The molecule has 23 heavy (non-hydrogen) atoms. The van der Waals surface area contributed by atoms with Crippen LogP contribution in [0.3, 0.4) is 0 Å². The molecule has 0 radical (unpaired) electrons. The summed E-state index contributed by atoms with van der Waals surface area (Å²) in [5, 5.41) is 11.2. The first-order valence-corrected chi connectivity index (χ1v) is 7.29. The fraction of sp³-hybridized carbons (Fsp3) is 0.0625. The first-order chi connectivity index (χ1) is 11.0. The van der Waals surface area contributed by atoms with Gasteiger partial charge in [0.15, 0.2) is 0 Å². The number of rotatable bonds is 5. The maximum Gasteiger partial charge on any atom is 0.330 e. The highest BCUT2D eigenvalue weighted by Crippen LogP contribution is 2.35. The van der Waals surface area contributed by atoms with E-state index >= 15 is 0 Å². The summed E-state index contributed by atoms with van der Waals surface area (Å²) in [5.41, 5.74) is 0.414. The van der Waals surface area contributed by atoms with Crippen LogP contribution in [0.1, 0.15) is 5.56 Å². The number of hydrogen-bond acceptors (Lipinski definition) is 5. The van der Waals surface area contributed by atoms with E-state index in [0.717, 1.165) is 11.8 Å². The molecule has 7 heteroatoms. The summed E-state index contributed by atoms with van der Waals surface area (Å²) in [6, 6.07) is 10.3. The van der Waals surface area contributed by atoms with Crippen LogP contribution in [0.4, 0.5) is 10.1 Å². The van der Waals surface area contributed by atoms with E-state index in [1.807, 2.05) is 0 Å². The number of halogens is 1. The molecule has 0 unspecified atom stereocenters. The summed E-state index contributed by atoms with van der Waals surface area (Å²) in [6.45, 7) is 0. The predicted molar refractivity (Wildman–Crippen MR) is 84.7 cm³/mol. The van der Waals surface area contributed by atoms with E-state index in [1.165, 1.54) is 37.5 Å². The van der Waals surface area contributed by atoms with E-state index in [-0.39, 0.29) is 11.5 Å².